The number of carbonyl (C=O) groups is 3. The molecule has 1 heterocycles. The first-order chi connectivity index (χ1) is 15.7. The van der Waals surface area contributed by atoms with Crippen LogP contribution in [0.2, 0.25) is 0 Å². The van der Waals surface area contributed by atoms with Gasteiger partial charge < -0.3 is 24.3 Å². The van der Waals surface area contributed by atoms with Crippen molar-refractivity contribution < 1.29 is 33.3 Å². The van der Waals surface area contributed by atoms with Crippen LogP contribution in [0.5, 0.6) is 11.5 Å². The lowest BCUT2D eigenvalue weighted by molar-refractivity contribution is -0.153. The summed E-state index contributed by atoms with van der Waals surface area (Å²) < 4.78 is 21.8. The molecule has 4 atom stereocenters. The number of hydrogen-bond donors (Lipinski definition) is 1. The Morgan fingerprint density at radius 3 is 2.36 bits per heavy atom. The van der Waals surface area contributed by atoms with Gasteiger partial charge in [0.1, 0.15) is 12.1 Å². The third-order valence-corrected chi connectivity index (χ3v) is 5.23. The predicted molar refractivity (Wildman–Crippen MR) is 123 cm³/mol. The highest BCUT2D eigenvalue weighted by molar-refractivity contribution is 5.98. The van der Waals surface area contributed by atoms with Crippen LogP contribution in [0.15, 0.2) is 12.3 Å². The summed E-state index contributed by atoms with van der Waals surface area (Å²) in [6.07, 6.45) is 3.91. The highest BCUT2D eigenvalue weighted by atomic mass is 16.6. The van der Waals surface area contributed by atoms with E-state index in [4.69, 9.17) is 18.9 Å². The monoisotopic (exact) mass is 466 g/mol. The molecule has 0 saturated heterocycles. The number of rotatable bonds is 14. The molecule has 1 aromatic rings. The fourth-order valence-corrected chi connectivity index (χ4v) is 3.20. The summed E-state index contributed by atoms with van der Waals surface area (Å²) in [6.45, 7) is 11.5. The summed E-state index contributed by atoms with van der Waals surface area (Å²) in [7, 11) is 1.39. The maximum Gasteiger partial charge on any atom is 0.329 e. The van der Waals surface area contributed by atoms with Gasteiger partial charge in [-0.25, -0.2) is 9.78 Å². The van der Waals surface area contributed by atoms with Gasteiger partial charge in [0.2, 0.25) is 5.75 Å². The van der Waals surface area contributed by atoms with Crippen molar-refractivity contribution in [3.63, 3.8) is 0 Å². The van der Waals surface area contributed by atoms with E-state index >= 15 is 0 Å². The average molecular weight is 467 g/mol. The Morgan fingerprint density at radius 2 is 1.82 bits per heavy atom. The molecule has 0 spiro atoms. The minimum absolute atomic E-state index is 0.00309. The largest absolute Gasteiger partial charge is 0.493 e. The predicted octanol–water partition coefficient (Wildman–Crippen LogP) is 3.69. The number of carbonyl (C=O) groups excluding carboxylic acids is 3. The molecule has 1 amide bonds. The van der Waals surface area contributed by atoms with Crippen LogP contribution in [0.4, 0.5) is 0 Å². The SMILES string of the molecule is CCCOC(CC)CC(C)OC(=O)[C@@H](NC(=O)c1nccc(OC)c1OC(C)=O)C(C)CC. The molecule has 0 aliphatic carbocycles. The van der Waals surface area contributed by atoms with Gasteiger partial charge in [-0.05, 0) is 25.7 Å². The third kappa shape index (κ3) is 9.00. The second-order valence-electron chi connectivity index (χ2n) is 8.01. The number of hydrogen-bond acceptors (Lipinski definition) is 8. The highest BCUT2D eigenvalue weighted by Crippen LogP contribution is 2.30. The van der Waals surface area contributed by atoms with Gasteiger partial charge in [0.15, 0.2) is 11.4 Å². The molecule has 0 fully saturated rings. The number of pyridine rings is 1. The molecule has 9 heteroatoms. The number of esters is 2. The fourth-order valence-electron chi connectivity index (χ4n) is 3.20. The molecule has 1 aromatic heterocycles. The maximum absolute atomic E-state index is 13.0. The van der Waals surface area contributed by atoms with Crippen LogP contribution in [-0.2, 0) is 19.1 Å². The molecule has 0 aliphatic heterocycles. The van der Waals surface area contributed by atoms with Gasteiger partial charge in [0.05, 0.1) is 13.2 Å². The summed E-state index contributed by atoms with van der Waals surface area (Å²) in [4.78, 5) is 41.6. The van der Waals surface area contributed by atoms with Gasteiger partial charge in [0.25, 0.3) is 5.91 Å². The van der Waals surface area contributed by atoms with Crippen LogP contribution < -0.4 is 14.8 Å². The van der Waals surface area contributed by atoms with Gasteiger partial charge in [-0.3, -0.25) is 9.59 Å². The molecule has 0 bridgehead atoms. The first-order valence-corrected chi connectivity index (χ1v) is 11.5. The second kappa shape index (κ2) is 14.5. The Hall–Kier alpha value is -2.68. The van der Waals surface area contributed by atoms with E-state index in [0.29, 0.717) is 19.4 Å². The zero-order valence-corrected chi connectivity index (χ0v) is 20.8. The van der Waals surface area contributed by atoms with Crippen molar-refractivity contribution in [3.8, 4) is 11.5 Å². The topological polar surface area (TPSA) is 113 Å². The molecule has 0 aliphatic rings. The zero-order valence-electron chi connectivity index (χ0n) is 20.8. The van der Waals surface area contributed by atoms with Gasteiger partial charge in [-0.2, -0.15) is 0 Å². The molecular weight excluding hydrogens is 428 g/mol. The van der Waals surface area contributed by atoms with Gasteiger partial charge >= 0.3 is 11.9 Å². The third-order valence-electron chi connectivity index (χ3n) is 5.23. The first kappa shape index (κ1) is 28.4. The highest BCUT2D eigenvalue weighted by Gasteiger charge is 2.31. The Labute approximate surface area is 196 Å². The van der Waals surface area contributed by atoms with Crippen molar-refractivity contribution in [1.82, 2.24) is 10.3 Å². The quantitative estimate of drug-likeness (QED) is 0.413. The van der Waals surface area contributed by atoms with Crippen molar-refractivity contribution >= 4 is 17.8 Å². The molecule has 0 saturated carbocycles. The van der Waals surface area contributed by atoms with Crippen LogP contribution in [0, 0.1) is 5.92 Å². The van der Waals surface area contributed by atoms with E-state index in [1.807, 2.05) is 34.6 Å². The lowest BCUT2D eigenvalue weighted by atomic mass is 9.98. The Kier molecular flexibility index (Phi) is 12.4. The second-order valence-corrected chi connectivity index (χ2v) is 8.01. The summed E-state index contributed by atoms with van der Waals surface area (Å²) in [5.74, 6) is -1.95. The summed E-state index contributed by atoms with van der Waals surface area (Å²) in [5.41, 5.74) is -0.155. The minimum Gasteiger partial charge on any atom is -0.493 e. The summed E-state index contributed by atoms with van der Waals surface area (Å²) in [6, 6.07) is 0.571. The van der Waals surface area contributed by atoms with Crippen LogP contribution in [0.3, 0.4) is 0 Å². The van der Waals surface area contributed by atoms with Crippen molar-refractivity contribution in [2.45, 2.75) is 85.5 Å². The smallest absolute Gasteiger partial charge is 0.329 e. The molecule has 186 valence electrons. The number of nitrogens with one attached hydrogen (secondary N) is 1. The lowest BCUT2D eigenvalue weighted by Gasteiger charge is -2.26. The first-order valence-electron chi connectivity index (χ1n) is 11.5. The maximum atomic E-state index is 13.0. The van der Waals surface area contributed by atoms with E-state index in [0.717, 1.165) is 12.8 Å². The number of ether oxygens (including phenoxy) is 4. The van der Waals surface area contributed by atoms with Crippen molar-refractivity contribution in [3.05, 3.63) is 18.0 Å². The molecule has 0 radical (unpaired) electrons. The van der Waals surface area contributed by atoms with E-state index in [2.05, 4.69) is 10.3 Å². The zero-order chi connectivity index (χ0) is 25.0. The number of aromatic nitrogens is 1. The van der Waals surface area contributed by atoms with E-state index in [1.165, 1.54) is 26.3 Å². The van der Waals surface area contributed by atoms with E-state index in [9.17, 15) is 14.4 Å². The van der Waals surface area contributed by atoms with Crippen LogP contribution in [0.25, 0.3) is 0 Å². The van der Waals surface area contributed by atoms with Crippen LogP contribution in [-0.4, -0.2) is 54.8 Å². The Morgan fingerprint density at radius 1 is 1.12 bits per heavy atom. The van der Waals surface area contributed by atoms with E-state index < -0.39 is 23.9 Å². The van der Waals surface area contributed by atoms with E-state index in [-0.39, 0.29) is 35.3 Å². The Balaban J connectivity index is 3.01. The summed E-state index contributed by atoms with van der Waals surface area (Å²) in [5, 5.41) is 2.70. The molecule has 0 aromatic carbocycles. The molecule has 1 rings (SSSR count). The average Bonchev–Trinajstić information content (AvgIpc) is 2.78. The molecular formula is C24H38N2O7. The molecule has 9 nitrogen and oxygen atoms in total. The molecule has 3 unspecified atom stereocenters. The number of nitrogens with zero attached hydrogens (tertiary/aromatic N) is 1. The normalized spacial score (nSPS) is 14.5. The van der Waals surface area contributed by atoms with Crippen molar-refractivity contribution in [1.29, 1.82) is 0 Å². The lowest BCUT2D eigenvalue weighted by Crippen LogP contribution is -2.47. The van der Waals surface area contributed by atoms with E-state index in [1.54, 1.807) is 0 Å². The van der Waals surface area contributed by atoms with Crippen molar-refractivity contribution in [2.75, 3.05) is 13.7 Å². The summed E-state index contributed by atoms with van der Waals surface area (Å²) >= 11 is 0. The van der Waals surface area contributed by atoms with Crippen molar-refractivity contribution in [2.24, 2.45) is 5.92 Å². The standard InChI is InChI=1S/C24H38N2O7/c1-8-13-31-18(10-3)14-16(5)32-24(29)20(15(4)9-2)26-23(28)21-22(33-17(6)27)19(30-7)11-12-25-21/h11-12,15-16,18,20H,8-10,13-14H2,1-7H3,(H,26,28)/t15?,16?,18?,20-/m0/s1. The van der Waals surface area contributed by atoms with Crippen LogP contribution in [0.1, 0.15) is 77.7 Å². The van der Waals surface area contributed by atoms with Gasteiger partial charge in [-0.1, -0.05) is 34.1 Å². The molecule has 1 N–H and O–H groups in total. The van der Waals surface area contributed by atoms with Gasteiger partial charge in [0, 0.05) is 32.2 Å². The fraction of sp³-hybridized carbons (Fsp3) is 0.667. The number of amides is 1. The minimum atomic E-state index is -0.903. The molecule has 33 heavy (non-hydrogen) atoms. The Bertz CT molecular complexity index is 784. The number of methoxy groups -OCH3 is 1. The van der Waals surface area contributed by atoms with Crippen LogP contribution >= 0.6 is 0 Å². The van der Waals surface area contributed by atoms with Gasteiger partial charge in [-0.15, -0.1) is 0 Å².